The molecule has 0 spiro atoms. The Balaban J connectivity index is 2.22. The van der Waals surface area contributed by atoms with Crippen LogP contribution in [0.3, 0.4) is 0 Å². The van der Waals surface area contributed by atoms with E-state index < -0.39 is 0 Å². The van der Waals surface area contributed by atoms with Crippen molar-refractivity contribution in [3.63, 3.8) is 0 Å². The third-order valence-corrected chi connectivity index (χ3v) is 2.54. The van der Waals surface area contributed by atoms with E-state index in [-0.39, 0.29) is 0 Å². The first-order valence-electron chi connectivity index (χ1n) is 4.89. The lowest BCUT2D eigenvalue weighted by Crippen LogP contribution is -2.07. The van der Waals surface area contributed by atoms with Gasteiger partial charge in [0.1, 0.15) is 0 Å². The standard InChI is InChI=1S/C12H15N/c1-2-10-3-5-11(6-4-10)12-7-8-13-9-12/h3-7,13H,2,8-9H2,1H3. The predicted molar refractivity (Wildman–Crippen MR) is 56.7 cm³/mol. The van der Waals surface area contributed by atoms with Gasteiger partial charge in [0.15, 0.2) is 0 Å². The maximum Gasteiger partial charge on any atom is 0.0211 e. The minimum absolute atomic E-state index is 1.02. The highest BCUT2D eigenvalue weighted by molar-refractivity contribution is 5.68. The van der Waals surface area contributed by atoms with Gasteiger partial charge in [0.25, 0.3) is 0 Å². The Morgan fingerprint density at radius 2 is 2.00 bits per heavy atom. The van der Waals surface area contributed by atoms with Crippen LogP contribution in [0.25, 0.3) is 5.57 Å². The summed E-state index contributed by atoms with van der Waals surface area (Å²) in [5.74, 6) is 0. The van der Waals surface area contributed by atoms with Gasteiger partial charge in [0.05, 0.1) is 0 Å². The fraction of sp³-hybridized carbons (Fsp3) is 0.333. The zero-order valence-electron chi connectivity index (χ0n) is 8.01. The van der Waals surface area contributed by atoms with Gasteiger partial charge in [-0.2, -0.15) is 0 Å². The molecule has 1 heteroatoms. The molecule has 68 valence electrons. The van der Waals surface area contributed by atoms with Crippen molar-refractivity contribution in [2.24, 2.45) is 0 Å². The number of hydrogen-bond donors (Lipinski definition) is 1. The van der Waals surface area contributed by atoms with Gasteiger partial charge in [-0.05, 0) is 23.1 Å². The van der Waals surface area contributed by atoms with Crippen LogP contribution < -0.4 is 5.32 Å². The van der Waals surface area contributed by atoms with Crippen LogP contribution in [0, 0.1) is 0 Å². The van der Waals surface area contributed by atoms with Crippen LogP contribution in [0.15, 0.2) is 30.3 Å². The molecule has 0 aromatic heterocycles. The summed E-state index contributed by atoms with van der Waals surface area (Å²) in [6, 6.07) is 8.87. The number of aryl methyl sites for hydroxylation is 1. The largest absolute Gasteiger partial charge is 0.309 e. The number of rotatable bonds is 2. The van der Waals surface area contributed by atoms with E-state index in [0.717, 1.165) is 19.5 Å². The fourth-order valence-corrected chi connectivity index (χ4v) is 1.65. The fourth-order valence-electron chi connectivity index (χ4n) is 1.65. The van der Waals surface area contributed by atoms with Gasteiger partial charge >= 0.3 is 0 Å². The monoisotopic (exact) mass is 173 g/mol. The third kappa shape index (κ3) is 1.81. The van der Waals surface area contributed by atoms with E-state index in [9.17, 15) is 0 Å². The van der Waals surface area contributed by atoms with Crippen LogP contribution >= 0.6 is 0 Å². The average Bonchev–Trinajstić information content (AvgIpc) is 2.71. The first-order chi connectivity index (χ1) is 6.40. The minimum Gasteiger partial charge on any atom is -0.309 e. The summed E-state index contributed by atoms with van der Waals surface area (Å²) in [6.07, 6.45) is 3.39. The van der Waals surface area contributed by atoms with E-state index in [4.69, 9.17) is 0 Å². The van der Waals surface area contributed by atoms with Gasteiger partial charge in [-0.3, -0.25) is 0 Å². The van der Waals surface area contributed by atoms with Crippen molar-refractivity contribution in [3.05, 3.63) is 41.5 Å². The molecule has 1 aliphatic heterocycles. The maximum atomic E-state index is 3.31. The molecular weight excluding hydrogens is 158 g/mol. The van der Waals surface area contributed by atoms with Crippen molar-refractivity contribution in [2.75, 3.05) is 13.1 Å². The lowest BCUT2D eigenvalue weighted by molar-refractivity contribution is 0.897. The Morgan fingerprint density at radius 1 is 1.23 bits per heavy atom. The Hall–Kier alpha value is -1.08. The van der Waals surface area contributed by atoms with Gasteiger partial charge in [0.2, 0.25) is 0 Å². The highest BCUT2D eigenvalue weighted by Gasteiger charge is 2.05. The lowest BCUT2D eigenvalue weighted by Gasteiger charge is -2.02. The van der Waals surface area contributed by atoms with Gasteiger partial charge in [-0.1, -0.05) is 37.3 Å². The van der Waals surface area contributed by atoms with Gasteiger partial charge in [0, 0.05) is 13.1 Å². The van der Waals surface area contributed by atoms with E-state index in [1.165, 1.54) is 16.7 Å². The van der Waals surface area contributed by atoms with Crippen molar-refractivity contribution < 1.29 is 0 Å². The Kier molecular flexibility index (Phi) is 2.46. The van der Waals surface area contributed by atoms with Crippen molar-refractivity contribution in [2.45, 2.75) is 13.3 Å². The van der Waals surface area contributed by atoms with E-state index in [1.807, 2.05) is 0 Å². The molecule has 1 nitrogen and oxygen atoms in total. The second kappa shape index (κ2) is 3.75. The molecule has 0 unspecified atom stereocenters. The summed E-state index contributed by atoms with van der Waals surface area (Å²) in [5.41, 5.74) is 4.21. The number of nitrogens with one attached hydrogen (secondary N) is 1. The first kappa shape index (κ1) is 8.52. The first-order valence-corrected chi connectivity index (χ1v) is 4.89. The van der Waals surface area contributed by atoms with Gasteiger partial charge < -0.3 is 5.32 Å². The van der Waals surface area contributed by atoms with Crippen molar-refractivity contribution in [1.82, 2.24) is 5.32 Å². The summed E-state index contributed by atoms with van der Waals surface area (Å²) in [4.78, 5) is 0. The smallest absolute Gasteiger partial charge is 0.0211 e. The number of benzene rings is 1. The summed E-state index contributed by atoms with van der Waals surface area (Å²) in [6.45, 7) is 4.22. The predicted octanol–water partition coefficient (Wildman–Crippen LogP) is 2.24. The van der Waals surface area contributed by atoms with Crippen LogP contribution in [-0.4, -0.2) is 13.1 Å². The third-order valence-electron chi connectivity index (χ3n) is 2.54. The molecule has 13 heavy (non-hydrogen) atoms. The molecule has 0 saturated heterocycles. The number of hydrogen-bond acceptors (Lipinski definition) is 1. The zero-order valence-corrected chi connectivity index (χ0v) is 8.01. The van der Waals surface area contributed by atoms with Crippen LogP contribution in [0.4, 0.5) is 0 Å². The van der Waals surface area contributed by atoms with Crippen molar-refractivity contribution in [3.8, 4) is 0 Å². The molecule has 0 radical (unpaired) electrons. The minimum atomic E-state index is 1.02. The molecule has 0 aliphatic carbocycles. The molecule has 1 aromatic rings. The Labute approximate surface area is 79.5 Å². The van der Waals surface area contributed by atoms with E-state index in [1.54, 1.807) is 0 Å². The van der Waals surface area contributed by atoms with Gasteiger partial charge in [-0.15, -0.1) is 0 Å². The normalized spacial score (nSPS) is 15.9. The molecule has 0 fully saturated rings. The van der Waals surface area contributed by atoms with Gasteiger partial charge in [-0.25, -0.2) is 0 Å². The summed E-state index contributed by atoms with van der Waals surface area (Å²) in [5, 5.41) is 3.31. The molecule has 0 saturated carbocycles. The zero-order chi connectivity index (χ0) is 9.10. The molecular formula is C12H15N. The molecule has 0 bridgehead atoms. The highest BCUT2D eigenvalue weighted by atomic mass is 14.9. The quantitative estimate of drug-likeness (QED) is 0.723. The molecule has 1 heterocycles. The molecule has 1 aromatic carbocycles. The topological polar surface area (TPSA) is 12.0 Å². The summed E-state index contributed by atoms with van der Waals surface area (Å²) < 4.78 is 0. The highest BCUT2D eigenvalue weighted by Crippen LogP contribution is 2.16. The Bertz CT molecular complexity index is 308. The average molecular weight is 173 g/mol. The molecule has 1 N–H and O–H groups in total. The SMILES string of the molecule is CCc1ccc(C2=CCNC2)cc1. The molecule has 0 amide bonds. The second-order valence-electron chi connectivity index (χ2n) is 3.41. The summed E-state index contributed by atoms with van der Waals surface area (Å²) >= 11 is 0. The lowest BCUT2D eigenvalue weighted by atomic mass is 10.0. The van der Waals surface area contributed by atoms with E-state index in [0.29, 0.717) is 0 Å². The van der Waals surface area contributed by atoms with Crippen molar-refractivity contribution >= 4 is 5.57 Å². The summed E-state index contributed by atoms with van der Waals surface area (Å²) in [7, 11) is 0. The Morgan fingerprint density at radius 3 is 2.54 bits per heavy atom. The van der Waals surface area contributed by atoms with E-state index in [2.05, 4.69) is 42.6 Å². The second-order valence-corrected chi connectivity index (χ2v) is 3.41. The molecule has 1 aliphatic rings. The van der Waals surface area contributed by atoms with Crippen LogP contribution in [-0.2, 0) is 6.42 Å². The van der Waals surface area contributed by atoms with Crippen LogP contribution in [0.5, 0.6) is 0 Å². The maximum absolute atomic E-state index is 3.31. The molecule has 2 rings (SSSR count). The van der Waals surface area contributed by atoms with Crippen molar-refractivity contribution in [1.29, 1.82) is 0 Å². The van der Waals surface area contributed by atoms with Crippen LogP contribution in [0.1, 0.15) is 18.1 Å². The molecule has 0 atom stereocenters. The van der Waals surface area contributed by atoms with Crippen LogP contribution in [0.2, 0.25) is 0 Å². The van der Waals surface area contributed by atoms with E-state index >= 15 is 0 Å².